The SMILES string of the molecule is O=C(O)CC(CC(=O)O)(C[N+]([O-])([O-])CC(=O)O)[N+]([O-])([O-])CC(=O)O.[NaH].[NaH]. The van der Waals surface area contributed by atoms with Crippen molar-refractivity contribution >= 4 is 83.0 Å². The number of carboxylic acids is 4. The average Bonchev–Trinajstić information content (AvgIpc) is 2.20. The molecule has 0 saturated carbocycles. The van der Waals surface area contributed by atoms with Crippen molar-refractivity contribution in [2.75, 3.05) is 19.6 Å². The molecule has 142 valence electrons. The van der Waals surface area contributed by atoms with Crippen molar-refractivity contribution in [3.63, 3.8) is 0 Å². The molecule has 0 saturated heterocycles. The first-order valence-corrected chi connectivity index (χ1v) is 6.09. The van der Waals surface area contributed by atoms with Gasteiger partial charge in [0.05, 0.1) is 0 Å². The summed E-state index contributed by atoms with van der Waals surface area (Å²) in [6, 6.07) is 0. The van der Waals surface area contributed by atoms with Crippen LogP contribution in [0.4, 0.5) is 0 Å². The van der Waals surface area contributed by atoms with E-state index in [1.54, 1.807) is 0 Å². The van der Waals surface area contributed by atoms with E-state index in [1.807, 2.05) is 0 Å². The molecule has 0 fully saturated rings. The molecule has 4 N–H and O–H groups in total. The summed E-state index contributed by atoms with van der Waals surface area (Å²) in [5.41, 5.74) is -3.23. The molecule has 0 unspecified atom stereocenters. The maximum atomic E-state index is 12.0. The maximum absolute atomic E-state index is 12.0. The summed E-state index contributed by atoms with van der Waals surface area (Å²) in [7, 11) is 0. The van der Waals surface area contributed by atoms with Crippen molar-refractivity contribution < 1.29 is 49.2 Å². The van der Waals surface area contributed by atoms with Gasteiger partial charge in [0.25, 0.3) is 0 Å². The number of aliphatic carboxylic acids is 4. The Kier molecular flexibility index (Phi) is 13.4. The van der Waals surface area contributed by atoms with Gasteiger partial charge in [-0.25, -0.2) is 9.59 Å². The van der Waals surface area contributed by atoms with Crippen LogP contribution in [-0.4, -0.2) is 138 Å². The summed E-state index contributed by atoms with van der Waals surface area (Å²) in [5, 5.41) is 81.8. The van der Waals surface area contributed by atoms with Crippen LogP contribution in [0.1, 0.15) is 12.8 Å². The summed E-state index contributed by atoms with van der Waals surface area (Å²) in [6.07, 6.45) is -3.24. The van der Waals surface area contributed by atoms with Gasteiger partial charge in [-0.2, -0.15) is 0 Å². The zero-order valence-electron chi connectivity index (χ0n) is 12.0. The molecule has 0 aromatic rings. The molecular formula is C10H16N2Na2O12-2. The fourth-order valence-electron chi connectivity index (χ4n) is 2.14. The van der Waals surface area contributed by atoms with Gasteiger partial charge in [0, 0.05) is 0 Å². The van der Waals surface area contributed by atoms with Gasteiger partial charge in [0.15, 0.2) is 18.6 Å². The van der Waals surface area contributed by atoms with Gasteiger partial charge in [-0.3, -0.25) is 9.59 Å². The van der Waals surface area contributed by atoms with E-state index >= 15 is 0 Å². The monoisotopic (exact) mass is 402 g/mol. The second kappa shape index (κ2) is 11.5. The van der Waals surface area contributed by atoms with Crippen molar-refractivity contribution in [3.8, 4) is 0 Å². The standard InChI is InChI=1S/C10H14N2O12.2Na.2H/c13-6(14)1-10(2-7(15)16,12(23,24)4-9(19)20)5-11(21,22)3-8(17)18;;;;/h1-5H2,(H,13,14)(H,15,16)(H,17,18)(H,19,20);;;;/q-2;;;;. The van der Waals surface area contributed by atoms with Gasteiger partial charge < -0.3 is 50.9 Å². The molecule has 0 aliphatic carbocycles. The van der Waals surface area contributed by atoms with Crippen LogP contribution in [0.5, 0.6) is 0 Å². The normalized spacial score (nSPS) is 11.7. The van der Waals surface area contributed by atoms with E-state index in [2.05, 4.69) is 0 Å². The molecular weight excluding hydrogens is 386 g/mol. The van der Waals surface area contributed by atoms with Crippen LogP contribution >= 0.6 is 0 Å². The molecule has 0 aliphatic rings. The van der Waals surface area contributed by atoms with E-state index < -0.39 is 71.5 Å². The summed E-state index contributed by atoms with van der Waals surface area (Å²) >= 11 is 0. The van der Waals surface area contributed by atoms with Gasteiger partial charge in [-0.15, -0.1) is 0 Å². The molecule has 14 nitrogen and oxygen atoms in total. The van der Waals surface area contributed by atoms with Crippen molar-refractivity contribution in [3.05, 3.63) is 20.8 Å². The Morgan fingerprint density at radius 2 is 1.04 bits per heavy atom. The van der Waals surface area contributed by atoms with E-state index in [-0.39, 0.29) is 59.1 Å². The Labute approximate surface area is 190 Å². The van der Waals surface area contributed by atoms with Crippen LogP contribution in [0.3, 0.4) is 0 Å². The first-order valence-electron chi connectivity index (χ1n) is 6.09. The van der Waals surface area contributed by atoms with Crippen molar-refractivity contribution in [2.45, 2.75) is 18.4 Å². The Balaban J connectivity index is -0.00000264. The van der Waals surface area contributed by atoms with Gasteiger partial charge in [0.1, 0.15) is 19.4 Å². The topological polar surface area (TPSA) is 241 Å². The molecule has 0 aromatic heterocycles. The molecule has 26 heavy (non-hydrogen) atoms. The Hall–Kier alpha value is -0.360. The molecule has 0 amide bonds. The number of quaternary nitrogens is 2. The molecule has 0 aliphatic heterocycles. The number of carboxylic acid groups (broad SMARTS) is 4. The van der Waals surface area contributed by atoms with E-state index in [4.69, 9.17) is 20.4 Å². The fraction of sp³-hybridized carbons (Fsp3) is 0.600. The minimum absolute atomic E-state index is 0. The Morgan fingerprint density at radius 3 is 1.31 bits per heavy atom. The summed E-state index contributed by atoms with van der Waals surface area (Å²) < 4.78 is 0. The van der Waals surface area contributed by atoms with Crippen LogP contribution in [0.25, 0.3) is 0 Å². The Morgan fingerprint density at radius 1 is 0.692 bits per heavy atom. The van der Waals surface area contributed by atoms with E-state index in [0.717, 1.165) is 0 Å². The van der Waals surface area contributed by atoms with Crippen LogP contribution in [0, 0.1) is 20.8 Å². The number of rotatable bonds is 11. The van der Waals surface area contributed by atoms with Crippen molar-refractivity contribution in [1.82, 2.24) is 0 Å². The van der Waals surface area contributed by atoms with Crippen molar-refractivity contribution in [1.29, 1.82) is 0 Å². The van der Waals surface area contributed by atoms with Gasteiger partial charge in [0.2, 0.25) is 0 Å². The van der Waals surface area contributed by atoms with Crippen LogP contribution < -0.4 is 0 Å². The van der Waals surface area contributed by atoms with E-state index in [1.165, 1.54) is 0 Å². The molecule has 16 heteroatoms. The number of hydroxylamine groups is 8. The van der Waals surface area contributed by atoms with Crippen LogP contribution in [0.15, 0.2) is 0 Å². The molecule has 0 heterocycles. The van der Waals surface area contributed by atoms with Gasteiger partial charge >= 0.3 is 83.0 Å². The molecule has 0 bridgehead atoms. The average molecular weight is 402 g/mol. The summed E-state index contributed by atoms with van der Waals surface area (Å²) in [6.45, 7) is -5.49. The third kappa shape index (κ3) is 10.1. The number of nitrogens with zero attached hydrogens (tertiary/aromatic N) is 2. The number of carbonyl (C=O) groups is 4. The molecule has 0 radical (unpaired) electrons. The second-order valence-electron chi connectivity index (χ2n) is 5.12. The third-order valence-corrected chi connectivity index (χ3v) is 2.94. The summed E-state index contributed by atoms with van der Waals surface area (Å²) in [5.74, 6) is -7.89. The molecule has 0 atom stereocenters. The predicted octanol–water partition coefficient (Wildman–Crippen LogP) is -2.83. The quantitative estimate of drug-likeness (QED) is 0.155. The third-order valence-electron chi connectivity index (χ3n) is 2.94. The Bertz CT molecular complexity index is 522. The van der Waals surface area contributed by atoms with E-state index in [9.17, 15) is 40.0 Å². The van der Waals surface area contributed by atoms with Gasteiger partial charge in [-0.1, -0.05) is 0 Å². The van der Waals surface area contributed by atoms with Crippen molar-refractivity contribution in [2.24, 2.45) is 0 Å². The van der Waals surface area contributed by atoms with E-state index in [0.29, 0.717) is 0 Å². The predicted molar refractivity (Wildman–Crippen MR) is 85.4 cm³/mol. The molecule has 0 rings (SSSR count). The number of hydrogen-bond donors (Lipinski definition) is 4. The fourth-order valence-corrected chi connectivity index (χ4v) is 2.14. The molecule has 0 spiro atoms. The first kappa shape index (κ1) is 30.4. The van der Waals surface area contributed by atoms with Crippen LogP contribution in [-0.2, 0) is 19.2 Å². The zero-order valence-corrected chi connectivity index (χ0v) is 12.0. The van der Waals surface area contributed by atoms with Gasteiger partial charge in [-0.05, 0) is 0 Å². The minimum atomic E-state index is -3.30. The number of hydrogen-bond acceptors (Lipinski definition) is 8. The molecule has 0 aromatic carbocycles. The summed E-state index contributed by atoms with van der Waals surface area (Å²) in [4.78, 5) is 36.5. The first-order chi connectivity index (χ1) is 10.6. The van der Waals surface area contributed by atoms with Crippen LogP contribution in [0.2, 0.25) is 0 Å². The second-order valence-corrected chi connectivity index (χ2v) is 5.12. The zero-order chi connectivity index (χ0) is 19.3.